The molecule has 2 N–H and O–H groups in total. The summed E-state index contributed by atoms with van der Waals surface area (Å²) in [7, 11) is 0. The standard InChI is InChI=1S/C12H10N2O4S/c15-11-9(2-1-3-10(11)14(17)18)12(16)13-6-8-4-5-19-7-8/h1-5,7,15H,6H2,(H,13,16). The van der Waals surface area contributed by atoms with Crippen LogP contribution in [0.1, 0.15) is 15.9 Å². The molecule has 6 nitrogen and oxygen atoms in total. The van der Waals surface area contributed by atoms with Gasteiger partial charge in [0.2, 0.25) is 5.75 Å². The first-order valence-corrected chi connectivity index (χ1v) is 6.29. The van der Waals surface area contributed by atoms with E-state index in [9.17, 15) is 20.0 Å². The number of para-hydroxylation sites is 1. The summed E-state index contributed by atoms with van der Waals surface area (Å²) in [6.45, 7) is 0.310. The fraction of sp³-hybridized carbons (Fsp3) is 0.0833. The summed E-state index contributed by atoms with van der Waals surface area (Å²) in [5, 5.41) is 26.7. The molecule has 1 aromatic carbocycles. The lowest BCUT2D eigenvalue weighted by Crippen LogP contribution is -2.22. The van der Waals surface area contributed by atoms with Gasteiger partial charge in [0, 0.05) is 12.6 Å². The van der Waals surface area contributed by atoms with Gasteiger partial charge in [-0.25, -0.2) is 0 Å². The number of carbonyl (C=O) groups is 1. The number of benzene rings is 1. The predicted molar refractivity (Wildman–Crippen MR) is 70.3 cm³/mol. The van der Waals surface area contributed by atoms with Gasteiger partial charge in [0.25, 0.3) is 5.91 Å². The lowest BCUT2D eigenvalue weighted by atomic mass is 10.1. The van der Waals surface area contributed by atoms with Gasteiger partial charge in [-0.3, -0.25) is 14.9 Å². The number of phenolic OH excluding ortho intramolecular Hbond substituents is 1. The molecule has 0 fully saturated rings. The lowest BCUT2D eigenvalue weighted by molar-refractivity contribution is -0.385. The monoisotopic (exact) mass is 278 g/mol. The van der Waals surface area contributed by atoms with E-state index in [-0.39, 0.29) is 5.56 Å². The van der Waals surface area contributed by atoms with E-state index < -0.39 is 22.3 Å². The van der Waals surface area contributed by atoms with Crippen molar-refractivity contribution in [2.75, 3.05) is 0 Å². The number of hydrogen-bond acceptors (Lipinski definition) is 5. The molecule has 0 radical (unpaired) electrons. The number of nitro groups is 1. The van der Waals surface area contributed by atoms with Gasteiger partial charge in [-0.1, -0.05) is 6.07 Å². The van der Waals surface area contributed by atoms with E-state index in [1.165, 1.54) is 23.5 Å². The minimum Gasteiger partial charge on any atom is -0.502 e. The summed E-state index contributed by atoms with van der Waals surface area (Å²) in [6, 6.07) is 5.70. The Kier molecular flexibility index (Phi) is 3.76. The Bertz CT molecular complexity index is 610. The highest BCUT2D eigenvalue weighted by molar-refractivity contribution is 7.07. The minimum atomic E-state index is -0.731. The van der Waals surface area contributed by atoms with Crippen LogP contribution in [0.4, 0.5) is 5.69 Å². The highest BCUT2D eigenvalue weighted by Gasteiger charge is 2.20. The summed E-state index contributed by atoms with van der Waals surface area (Å²) < 4.78 is 0. The van der Waals surface area contributed by atoms with Crippen molar-refractivity contribution >= 4 is 22.9 Å². The van der Waals surface area contributed by atoms with Crippen molar-refractivity contribution < 1.29 is 14.8 Å². The zero-order chi connectivity index (χ0) is 13.8. The quantitative estimate of drug-likeness (QED) is 0.663. The van der Waals surface area contributed by atoms with Crippen molar-refractivity contribution in [2.45, 2.75) is 6.54 Å². The van der Waals surface area contributed by atoms with Gasteiger partial charge in [0.05, 0.1) is 10.5 Å². The third-order valence-electron chi connectivity index (χ3n) is 2.49. The molecular formula is C12H10N2O4S. The van der Waals surface area contributed by atoms with Crippen molar-refractivity contribution in [1.82, 2.24) is 5.32 Å². The Hall–Kier alpha value is -2.41. The van der Waals surface area contributed by atoms with E-state index in [0.29, 0.717) is 6.54 Å². The molecule has 2 rings (SSSR count). The largest absolute Gasteiger partial charge is 0.502 e. The molecule has 2 aromatic rings. The van der Waals surface area contributed by atoms with Gasteiger partial charge in [-0.15, -0.1) is 0 Å². The Balaban J connectivity index is 2.15. The van der Waals surface area contributed by atoms with Crippen LogP contribution < -0.4 is 5.32 Å². The van der Waals surface area contributed by atoms with Crippen LogP contribution in [0.25, 0.3) is 0 Å². The van der Waals surface area contributed by atoms with E-state index in [1.807, 2.05) is 16.8 Å². The number of nitrogens with zero attached hydrogens (tertiary/aromatic N) is 1. The third kappa shape index (κ3) is 2.89. The van der Waals surface area contributed by atoms with Crippen LogP contribution in [-0.2, 0) is 6.54 Å². The minimum absolute atomic E-state index is 0.107. The molecule has 98 valence electrons. The zero-order valence-corrected chi connectivity index (χ0v) is 10.5. The maximum atomic E-state index is 11.8. The molecule has 0 spiro atoms. The van der Waals surface area contributed by atoms with Crippen LogP contribution in [0.3, 0.4) is 0 Å². The Morgan fingerprint density at radius 3 is 2.84 bits per heavy atom. The molecule has 0 aliphatic rings. The van der Waals surface area contributed by atoms with Gasteiger partial charge in [0.15, 0.2) is 0 Å². The summed E-state index contributed by atoms with van der Waals surface area (Å²) in [5.41, 5.74) is 0.343. The first-order chi connectivity index (χ1) is 9.09. The number of amides is 1. The number of hydrogen-bond donors (Lipinski definition) is 2. The maximum Gasteiger partial charge on any atom is 0.311 e. The van der Waals surface area contributed by atoms with Crippen LogP contribution in [0.2, 0.25) is 0 Å². The lowest BCUT2D eigenvalue weighted by Gasteiger charge is -2.06. The van der Waals surface area contributed by atoms with Gasteiger partial charge in [-0.2, -0.15) is 11.3 Å². The van der Waals surface area contributed by atoms with Crippen LogP contribution in [-0.4, -0.2) is 15.9 Å². The van der Waals surface area contributed by atoms with Gasteiger partial charge in [-0.05, 0) is 28.5 Å². The molecule has 0 atom stereocenters. The molecule has 7 heteroatoms. The van der Waals surface area contributed by atoms with Crippen LogP contribution in [0.5, 0.6) is 5.75 Å². The number of aromatic hydroxyl groups is 1. The number of thiophene rings is 1. The molecule has 19 heavy (non-hydrogen) atoms. The Labute approximate surface area is 112 Å². The predicted octanol–water partition coefficient (Wildman–Crippen LogP) is 2.29. The van der Waals surface area contributed by atoms with Gasteiger partial charge < -0.3 is 10.4 Å². The molecular weight excluding hydrogens is 268 g/mol. The molecule has 0 saturated heterocycles. The molecule has 0 unspecified atom stereocenters. The number of phenols is 1. The van der Waals surface area contributed by atoms with Crippen molar-refractivity contribution in [2.24, 2.45) is 0 Å². The molecule has 0 aliphatic carbocycles. The highest BCUT2D eigenvalue weighted by atomic mass is 32.1. The molecule has 0 aliphatic heterocycles. The molecule has 1 aromatic heterocycles. The molecule has 0 bridgehead atoms. The second kappa shape index (κ2) is 5.49. The van der Waals surface area contributed by atoms with Crippen molar-refractivity contribution in [3.8, 4) is 5.75 Å². The summed E-state index contributed by atoms with van der Waals surface area (Å²) in [6.07, 6.45) is 0. The van der Waals surface area contributed by atoms with Gasteiger partial charge >= 0.3 is 5.69 Å². The van der Waals surface area contributed by atoms with E-state index >= 15 is 0 Å². The SMILES string of the molecule is O=C(NCc1ccsc1)c1cccc([N+](=O)[O-])c1O. The number of nitrogens with one attached hydrogen (secondary N) is 1. The van der Waals surface area contributed by atoms with Crippen LogP contribution >= 0.6 is 11.3 Å². The smallest absolute Gasteiger partial charge is 0.311 e. The van der Waals surface area contributed by atoms with E-state index in [1.54, 1.807) is 0 Å². The van der Waals surface area contributed by atoms with E-state index in [4.69, 9.17) is 0 Å². The van der Waals surface area contributed by atoms with E-state index in [2.05, 4.69) is 5.32 Å². The zero-order valence-electron chi connectivity index (χ0n) is 9.70. The van der Waals surface area contributed by atoms with Crippen molar-refractivity contribution in [3.63, 3.8) is 0 Å². The summed E-state index contributed by atoms with van der Waals surface area (Å²) in [5.74, 6) is -1.16. The number of nitro benzene ring substituents is 1. The summed E-state index contributed by atoms with van der Waals surface area (Å²) in [4.78, 5) is 21.8. The average molecular weight is 278 g/mol. The first-order valence-electron chi connectivity index (χ1n) is 5.35. The highest BCUT2D eigenvalue weighted by Crippen LogP contribution is 2.29. The third-order valence-corrected chi connectivity index (χ3v) is 3.22. The number of carbonyl (C=O) groups excluding carboxylic acids is 1. The van der Waals surface area contributed by atoms with Crippen molar-refractivity contribution in [3.05, 3.63) is 56.3 Å². The fourth-order valence-electron chi connectivity index (χ4n) is 1.53. The van der Waals surface area contributed by atoms with Gasteiger partial charge in [0.1, 0.15) is 0 Å². The Morgan fingerprint density at radius 2 is 2.21 bits per heavy atom. The average Bonchev–Trinajstić information content (AvgIpc) is 2.89. The maximum absolute atomic E-state index is 11.8. The van der Waals surface area contributed by atoms with Crippen LogP contribution in [0.15, 0.2) is 35.0 Å². The summed E-state index contributed by atoms with van der Waals surface area (Å²) >= 11 is 1.51. The molecule has 0 saturated carbocycles. The number of rotatable bonds is 4. The van der Waals surface area contributed by atoms with Crippen molar-refractivity contribution in [1.29, 1.82) is 0 Å². The van der Waals surface area contributed by atoms with E-state index in [0.717, 1.165) is 11.6 Å². The fourth-order valence-corrected chi connectivity index (χ4v) is 2.20. The molecule has 1 heterocycles. The topological polar surface area (TPSA) is 92.5 Å². The first kappa shape index (κ1) is 13.0. The Morgan fingerprint density at radius 1 is 1.42 bits per heavy atom. The second-order valence-electron chi connectivity index (χ2n) is 3.74. The molecule has 1 amide bonds. The normalized spacial score (nSPS) is 10.1. The van der Waals surface area contributed by atoms with Crippen LogP contribution in [0, 0.1) is 10.1 Å². The second-order valence-corrected chi connectivity index (χ2v) is 4.52.